The number of thiophene rings is 1. The zero-order valence-corrected chi connectivity index (χ0v) is 15.5. The minimum atomic E-state index is -2.19. The van der Waals surface area contributed by atoms with Crippen LogP contribution in [0.4, 0.5) is 4.39 Å². The minimum Gasteiger partial charge on any atom is -0.480 e. The zero-order chi connectivity index (χ0) is 19.8. The molecule has 1 aromatic carbocycles. The zero-order valence-electron chi connectivity index (χ0n) is 14.7. The first-order valence-corrected chi connectivity index (χ1v) is 9.24. The molecule has 0 amide bonds. The number of carboxylic acid groups (broad SMARTS) is 2. The van der Waals surface area contributed by atoms with Crippen molar-refractivity contribution in [3.05, 3.63) is 47.0 Å². The summed E-state index contributed by atoms with van der Waals surface area (Å²) in [5.74, 6) is -2.97. The lowest BCUT2D eigenvalue weighted by Crippen LogP contribution is -2.44. The summed E-state index contributed by atoms with van der Waals surface area (Å²) >= 11 is 1.28. The third-order valence-electron chi connectivity index (χ3n) is 4.62. The molecule has 0 spiro atoms. The lowest BCUT2D eigenvalue weighted by Gasteiger charge is -2.24. The standard InChI is InChI=1S/C19H17FN2O4S/c1-3-13-21-15(19(4-2,17(23)24)18(25)26)14-12(9-27-16(14)22-13)10-5-7-11(20)8-6-10/h5-9H,3-4H2,1-2H3,(H,23,24)(H,25,26). The summed E-state index contributed by atoms with van der Waals surface area (Å²) in [6, 6.07) is 5.70. The number of nitrogens with zero attached hydrogens (tertiary/aromatic N) is 2. The number of aromatic nitrogens is 2. The van der Waals surface area contributed by atoms with Crippen molar-refractivity contribution in [3.8, 4) is 11.1 Å². The number of carboxylic acids is 2. The lowest BCUT2D eigenvalue weighted by molar-refractivity contribution is -0.158. The van der Waals surface area contributed by atoms with E-state index in [0.29, 0.717) is 33.6 Å². The SMILES string of the molecule is CCc1nc(C(CC)(C(=O)O)C(=O)O)c2c(-c3ccc(F)cc3)csc2n1. The highest BCUT2D eigenvalue weighted by atomic mass is 32.1. The van der Waals surface area contributed by atoms with Gasteiger partial charge in [-0.25, -0.2) is 14.4 Å². The van der Waals surface area contributed by atoms with Gasteiger partial charge in [0.25, 0.3) is 0 Å². The molecule has 3 aromatic rings. The normalized spacial score (nSPS) is 11.7. The second-order valence-corrected chi connectivity index (χ2v) is 6.91. The van der Waals surface area contributed by atoms with E-state index in [4.69, 9.17) is 0 Å². The topological polar surface area (TPSA) is 100 Å². The molecule has 6 nitrogen and oxygen atoms in total. The molecule has 2 heterocycles. The summed E-state index contributed by atoms with van der Waals surface area (Å²) < 4.78 is 13.3. The number of halogens is 1. The molecule has 140 valence electrons. The fourth-order valence-corrected chi connectivity index (χ4v) is 4.02. The van der Waals surface area contributed by atoms with Crippen LogP contribution in [-0.2, 0) is 21.4 Å². The van der Waals surface area contributed by atoms with Gasteiger partial charge < -0.3 is 10.2 Å². The Morgan fingerprint density at radius 1 is 1.11 bits per heavy atom. The molecule has 2 N–H and O–H groups in total. The van der Waals surface area contributed by atoms with Crippen molar-refractivity contribution < 1.29 is 24.2 Å². The Labute approximate surface area is 158 Å². The Hall–Kier alpha value is -2.87. The maximum Gasteiger partial charge on any atom is 0.327 e. The molecule has 0 atom stereocenters. The highest BCUT2D eigenvalue weighted by Gasteiger charge is 2.50. The van der Waals surface area contributed by atoms with Crippen LogP contribution in [0.15, 0.2) is 29.6 Å². The smallest absolute Gasteiger partial charge is 0.327 e. The summed E-state index contributed by atoms with van der Waals surface area (Å²) in [6.07, 6.45) is 0.261. The largest absolute Gasteiger partial charge is 0.480 e. The quantitative estimate of drug-likeness (QED) is 0.622. The van der Waals surface area contributed by atoms with E-state index in [9.17, 15) is 24.2 Å². The predicted octanol–water partition coefficient (Wildman–Crippen LogP) is 3.88. The number of fused-ring (bicyclic) bond motifs is 1. The summed E-state index contributed by atoms with van der Waals surface area (Å²) in [6.45, 7) is 3.32. The van der Waals surface area contributed by atoms with Gasteiger partial charge in [-0.2, -0.15) is 0 Å². The average Bonchev–Trinajstić information content (AvgIpc) is 3.06. The fourth-order valence-electron chi connectivity index (χ4n) is 3.06. The van der Waals surface area contributed by atoms with Gasteiger partial charge in [0.05, 0.1) is 5.69 Å². The van der Waals surface area contributed by atoms with E-state index >= 15 is 0 Å². The number of rotatable bonds is 6. The van der Waals surface area contributed by atoms with Gasteiger partial charge in [-0.1, -0.05) is 26.0 Å². The summed E-state index contributed by atoms with van der Waals surface area (Å²) in [5, 5.41) is 21.8. The van der Waals surface area contributed by atoms with Crippen LogP contribution in [0.25, 0.3) is 21.3 Å². The van der Waals surface area contributed by atoms with Crippen LogP contribution in [0.2, 0.25) is 0 Å². The van der Waals surface area contributed by atoms with E-state index in [-0.39, 0.29) is 12.1 Å². The Morgan fingerprint density at radius 2 is 1.74 bits per heavy atom. The average molecular weight is 388 g/mol. The maximum absolute atomic E-state index is 13.3. The van der Waals surface area contributed by atoms with Gasteiger partial charge in [0, 0.05) is 22.8 Å². The van der Waals surface area contributed by atoms with Gasteiger partial charge in [0.2, 0.25) is 5.41 Å². The molecule has 3 rings (SSSR count). The first-order valence-electron chi connectivity index (χ1n) is 8.36. The summed E-state index contributed by atoms with van der Waals surface area (Å²) in [5.41, 5.74) is -1.00. The van der Waals surface area contributed by atoms with Gasteiger partial charge in [0.1, 0.15) is 16.5 Å². The third kappa shape index (κ3) is 2.95. The molecule has 8 heteroatoms. The monoisotopic (exact) mass is 388 g/mol. The molecule has 0 aliphatic rings. The fraction of sp³-hybridized carbons (Fsp3) is 0.263. The van der Waals surface area contributed by atoms with Gasteiger partial charge >= 0.3 is 11.9 Å². The molecule has 2 aromatic heterocycles. The van der Waals surface area contributed by atoms with Gasteiger partial charge in [-0.15, -0.1) is 11.3 Å². The van der Waals surface area contributed by atoms with Crippen LogP contribution in [-0.4, -0.2) is 32.1 Å². The van der Waals surface area contributed by atoms with Crippen molar-refractivity contribution in [1.29, 1.82) is 0 Å². The third-order valence-corrected chi connectivity index (χ3v) is 5.49. The van der Waals surface area contributed by atoms with Gasteiger partial charge in [-0.05, 0) is 24.1 Å². The van der Waals surface area contributed by atoms with Crippen LogP contribution in [0, 0.1) is 5.82 Å². The van der Waals surface area contributed by atoms with E-state index in [1.165, 1.54) is 30.4 Å². The highest BCUT2D eigenvalue weighted by molar-refractivity contribution is 7.17. The van der Waals surface area contributed by atoms with E-state index < -0.39 is 23.2 Å². The lowest BCUT2D eigenvalue weighted by atomic mass is 9.79. The molecule has 0 saturated carbocycles. The van der Waals surface area contributed by atoms with Crippen molar-refractivity contribution in [1.82, 2.24) is 9.97 Å². The second kappa shape index (κ2) is 7.03. The van der Waals surface area contributed by atoms with Gasteiger partial charge in [0.15, 0.2) is 0 Å². The van der Waals surface area contributed by atoms with E-state index in [2.05, 4.69) is 9.97 Å². The molecule has 0 radical (unpaired) electrons. The molecular weight excluding hydrogens is 371 g/mol. The van der Waals surface area contributed by atoms with Crippen molar-refractivity contribution in [2.45, 2.75) is 32.1 Å². The number of aliphatic carboxylic acids is 2. The first kappa shape index (κ1) is 18.9. The Morgan fingerprint density at radius 3 is 2.26 bits per heavy atom. The van der Waals surface area contributed by atoms with E-state index in [1.54, 1.807) is 17.5 Å². The number of benzene rings is 1. The van der Waals surface area contributed by atoms with Crippen molar-refractivity contribution >= 4 is 33.5 Å². The summed E-state index contributed by atoms with van der Waals surface area (Å²) in [4.78, 5) is 33.4. The van der Waals surface area contributed by atoms with Crippen LogP contribution in [0.1, 0.15) is 31.8 Å². The Balaban J connectivity index is 2.43. The Bertz CT molecular complexity index is 1020. The number of hydrogen-bond acceptors (Lipinski definition) is 5. The van der Waals surface area contributed by atoms with Crippen molar-refractivity contribution in [3.63, 3.8) is 0 Å². The maximum atomic E-state index is 13.3. The van der Waals surface area contributed by atoms with Crippen LogP contribution in [0.3, 0.4) is 0 Å². The number of hydrogen-bond donors (Lipinski definition) is 2. The molecule has 0 saturated heterocycles. The van der Waals surface area contributed by atoms with Crippen LogP contribution >= 0.6 is 11.3 Å². The number of aryl methyl sites for hydroxylation is 1. The van der Waals surface area contributed by atoms with Crippen LogP contribution < -0.4 is 0 Å². The molecule has 0 aliphatic heterocycles. The predicted molar refractivity (Wildman–Crippen MR) is 99.4 cm³/mol. The summed E-state index contributed by atoms with van der Waals surface area (Å²) in [7, 11) is 0. The number of carbonyl (C=O) groups is 2. The molecule has 27 heavy (non-hydrogen) atoms. The van der Waals surface area contributed by atoms with Crippen molar-refractivity contribution in [2.75, 3.05) is 0 Å². The highest BCUT2D eigenvalue weighted by Crippen LogP contribution is 2.41. The second-order valence-electron chi connectivity index (χ2n) is 6.05. The molecule has 0 unspecified atom stereocenters. The molecular formula is C19H17FN2O4S. The molecule has 0 bridgehead atoms. The van der Waals surface area contributed by atoms with Crippen molar-refractivity contribution in [2.24, 2.45) is 0 Å². The van der Waals surface area contributed by atoms with Crippen LogP contribution in [0.5, 0.6) is 0 Å². The molecule has 0 fully saturated rings. The minimum absolute atomic E-state index is 0.0348. The Kier molecular flexibility index (Phi) is 4.93. The van der Waals surface area contributed by atoms with E-state index in [0.717, 1.165) is 0 Å². The molecule has 0 aliphatic carbocycles. The van der Waals surface area contributed by atoms with Gasteiger partial charge in [-0.3, -0.25) is 9.59 Å². The van der Waals surface area contributed by atoms with E-state index in [1.807, 2.05) is 6.92 Å². The first-order chi connectivity index (χ1) is 12.8.